The monoisotopic (exact) mass is 460 g/mol. The maximum atomic E-state index is 14.0. The third-order valence-corrected chi connectivity index (χ3v) is 5.83. The van der Waals surface area contributed by atoms with E-state index in [4.69, 9.17) is 4.74 Å². The Labute approximate surface area is 170 Å². The van der Waals surface area contributed by atoms with Crippen LogP contribution in [0.2, 0.25) is 0 Å². The molecule has 152 valence electrons. The van der Waals surface area contributed by atoms with Gasteiger partial charge in [0.05, 0.1) is 12.7 Å². The van der Waals surface area contributed by atoms with Crippen molar-refractivity contribution >= 4 is 21.6 Å². The van der Waals surface area contributed by atoms with Crippen molar-refractivity contribution in [3.63, 3.8) is 0 Å². The minimum Gasteiger partial charge on any atom is -0.494 e. The summed E-state index contributed by atoms with van der Waals surface area (Å²) in [6.45, 7) is 4.54. The Morgan fingerprint density at radius 1 is 1.04 bits per heavy atom. The highest BCUT2D eigenvalue weighted by atomic mass is 79.9. The number of hydrogen-bond donors (Lipinski definition) is 0. The lowest BCUT2D eigenvalue weighted by Crippen LogP contribution is -2.47. The highest BCUT2D eigenvalue weighted by Gasteiger charge is 2.34. The molecule has 1 aliphatic rings. The first-order valence-corrected chi connectivity index (χ1v) is 9.69. The Bertz CT molecular complexity index is 835. The summed E-state index contributed by atoms with van der Waals surface area (Å²) >= 11 is 2.97. The summed E-state index contributed by atoms with van der Waals surface area (Å²) in [6.07, 6.45) is -4.40. The highest BCUT2D eigenvalue weighted by Crippen LogP contribution is 2.37. The Morgan fingerprint density at radius 3 is 2.29 bits per heavy atom. The van der Waals surface area contributed by atoms with Crippen molar-refractivity contribution in [3.8, 4) is 5.75 Å². The van der Waals surface area contributed by atoms with E-state index in [1.54, 1.807) is 12.1 Å². The standard InChI is InChI=1S/C20H21BrF4N2O/c1-13(14-3-6-19(28-2)18(22)11-14)26-7-9-27(10-8-26)15-4-5-17(21)16(12-15)20(23,24)25/h3-6,11-13H,7-10H2,1-2H3/t13-/m0/s1. The van der Waals surface area contributed by atoms with Crippen LogP contribution < -0.4 is 9.64 Å². The van der Waals surface area contributed by atoms with Crippen molar-refractivity contribution in [2.45, 2.75) is 19.1 Å². The summed E-state index contributed by atoms with van der Waals surface area (Å²) in [4.78, 5) is 4.14. The molecular weight excluding hydrogens is 440 g/mol. The third kappa shape index (κ3) is 4.43. The SMILES string of the molecule is COc1ccc([C@H](C)N2CCN(c3ccc(Br)c(C(F)(F)F)c3)CC2)cc1F. The van der Waals surface area contributed by atoms with E-state index < -0.39 is 17.6 Å². The number of nitrogens with zero attached hydrogens (tertiary/aromatic N) is 2. The summed E-state index contributed by atoms with van der Waals surface area (Å²) in [5.74, 6) is -0.198. The fourth-order valence-electron chi connectivity index (χ4n) is 3.45. The number of halogens is 5. The van der Waals surface area contributed by atoms with Crippen LogP contribution >= 0.6 is 15.9 Å². The number of anilines is 1. The molecule has 0 aromatic heterocycles. The first-order valence-electron chi connectivity index (χ1n) is 8.90. The number of hydrogen-bond acceptors (Lipinski definition) is 3. The third-order valence-electron chi connectivity index (χ3n) is 5.14. The van der Waals surface area contributed by atoms with Crippen LogP contribution in [0.4, 0.5) is 23.2 Å². The molecule has 0 saturated carbocycles. The van der Waals surface area contributed by atoms with Gasteiger partial charge in [0.1, 0.15) is 0 Å². The maximum Gasteiger partial charge on any atom is 0.417 e. The van der Waals surface area contributed by atoms with E-state index >= 15 is 0 Å². The molecule has 0 amide bonds. The van der Waals surface area contributed by atoms with Gasteiger partial charge in [0, 0.05) is 42.4 Å². The highest BCUT2D eigenvalue weighted by molar-refractivity contribution is 9.10. The van der Waals surface area contributed by atoms with Crippen molar-refractivity contribution in [2.75, 3.05) is 38.2 Å². The van der Waals surface area contributed by atoms with Gasteiger partial charge in [-0.05, 0) is 42.8 Å². The Hall–Kier alpha value is -1.80. The molecule has 3 rings (SSSR count). The van der Waals surface area contributed by atoms with Crippen molar-refractivity contribution in [1.29, 1.82) is 0 Å². The molecule has 28 heavy (non-hydrogen) atoms. The molecule has 1 saturated heterocycles. The molecule has 0 aliphatic carbocycles. The quantitative estimate of drug-likeness (QED) is 0.560. The fraction of sp³-hybridized carbons (Fsp3) is 0.400. The zero-order valence-corrected chi connectivity index (χ0v) is 17.1. The predicted octanol–water partition coefficient (Wildman–Crippen LogP) is 5.50. The van der Waals surface area contributed by atoms with Crippen LogP contribution in [0.25, 0.3) is 0 Å². The van der Waals surface area contributed by atoms with Crippen molar-refractivity contribution in [2.24, 2.45) is 0 Å². The van der Waals surface area contributed by atoms with E-state index in [2.05, 4.69) is 20.8 Å². The molecule has 2 aromatic carbocycles. The average Bonchev–Trinajstić information content (AvgIpc) is 2.67. The number of benzene rings is 2. The second kappa shape index (κ2) is 8.29. The topological polar surface area (TPSA) is 15.7 Å². The van der Waals surface area contributed by atoms with E-state index in [-0.39, 0.29) is 16.3 Å². The second-order valence-corrected chi connectivity index (χ2v) is 7.61. The van der Waals surface area contributed by atoms with Crippen molar-refractivity contribution in [1.82, 2.24) is 4.90 Å². The van der Waals surface area contributed by atoms with Crippen LogP contribution in [0.15, 0.2) is 40.9 Å². The van der Waals surface area contributed by atoms with Crippen LogP contribution in [0.5, 0.6) is 5.75 Å². The van der Waals surface area contributed by atoms with Gasteiger partial charge in [-0.25, -0.2) is 4.39 Å². The fourth-order valence-corrected chi connectivity index (χ4v) is 3.92. The molecule has 8 heteroatoms. The number of methoxy groups -OCH3 is 1. The smallest absolute Gasteiger partial charge is 0.417 e. The van der Waals surface area contributed by atoms with Gasteiger partial charge < -0.3 is 9.64 Å². The van der Waals surface area contributed by atoms with E-state index in [0.29, 0.717) is 31.9 Å². The molecule has 0 bridgehead atoms. The largest absolute Gasteiger partial charge is 0.494 e. The minimum absolute atomic E-state index is 0.00166. The molecule has 0 N–H and O–H groups in total. The van der Waals surface area contributed by atoms with Crippen molar-refractivity contribution in [3.05, 3.63) is 57.8 Å². The average molecular weight is 461 g/mol. The molecule has 3 nitrogen and oxygen atoms in total. The van der Waals surface area contributed by atoms with E-state index in [9.17, 15) is 17.6 Å². The number of piperazine rings is 1. The summed E-state index contributed by atoms with van der Waals surface area (Å²) in [7, 11) is 1.42. The minimum atomic E-state index is -4.40. The van der Waals surface area contributed by atoms with Gasteiger partial charge in [-0.15, -0.1) is 0 Å². The normalized spacial score (nSPS) is 16.9. The second-order valence-electron chi connectivity index (χ2n) is 6.75. The lowest BCUT2D eigenvalue weighted by molar-refractivity contribution is -0.138. The Kier molecular flexibility index (Phi) is 6.19. The molecule has 1 heterocycles. The van der Waals surface area contributed by atoms with E-state index in [1.807, 2.05) is 17.9 Å². The lowest BCUT2D eigenvalue weighted by atomic mass is 10.1. The van der Waals surface area contributed by atoms with Crippen LogP contribution in [-0.4, -0.2) is 38.2 Å². The summed E-state index contributed by atoms with van der Waals surface area (Å²) in [6, 6.07) is 9.23. The van der Waals surface area contributed by atoms with Crippen LogP contribution in [0.1, 0.15) is 24.1 Å². The van der Waals surface area contributed by atoms with Gasteiger partial charge in [-0.3, -0.25) is 4.90 Å². The summed E-state index contributed by atoms with van der Waals surface area (Å²) in [5.41, 5.74) is 0.725. The number of ether oxygens (including phenoxy) is 1. The zero-order chi connectivity index (χ0) is 20.5. The Balaban J connectivity index is 1.68. The van der Waals surface area contributed by atoms with Gasteiger partial charge in [0.25, 0.3) is 0 Å². The lowest BCUT2D eigenvalue weighted by Gasteiger charge is -2.39. The number of rotatable bonds is 4. The Morgan fingerprint density at radius 2 is 1.71 bits per heavy atom. The maximum absolute atomic E-state index is 14.0. The molecule has 0 spiro atoms. The first kappa shape index (κ1) is 20.9. The zero-order valence-electron chi connectivity index (χ0n) is 15.6. The van der Waals surface area contributed by atoms with Gasteiger partial charge >= 0.3 is 6.18 Å². The van der Waals surface area contributed by atoms with Gasteiger partial charge in [-0.2, -0.15) is 13.2 Å². The van der Waals surface area contributed by atoms with Gasteiger partial charge in [0.2, 0.25) is 0 Å². The molecule has 0 unspecified atom stereocenters. The molecule has 1 aliphatic heterocycles. The molecule has 2 aromatic rings. The van der Waals surface area contributed by atoms with Crippen LogP contribution in [0, 0.1) is 5.82 Å². The summed E-state index contributed by atoms with van der Waals surface area (Å²) < 4.78 is 58.4. The first-order chi connectivity index (χ1) is 13.2. The van der Waals surface area contributed by atoms with Crippen LogP contribution in [0.3, 0.4) is 0 Å². The van der Waals surface area contributed by atoms with Crippen molar-refractivity contribution < 1.29 is 22.3 Å². The predicted molar refractivity (Wildman–Crippen MR) is 104 cm³/mol. The molecule has 1 fully saturated rings. The van der Waals surface area contributed by atoms with Gasteiger partial charge in [-0.1, -0.05) is 22.0 Å². The van der Waals surface area contributed by atoms with E-state index in [0.717, 1.165) is 5.56 Å². The summed E-state index contributed by atoms with van der Waals surface area (Å²) in [5, 5.41) is 0. The molecule has 0 radical (unpaired) electrons. The van der Waals surface area contributed by atoms with E-state index in [1.165, 1.54) is 25.3 Å². The van der Waals surface area contributed by atoms with Crippen LogP contribution in [-0.2, 0) is 6.18 Å². The molecular formula is C20H21BrF4N2O. The number of alkyl halides is 3. The molecule has 1 atom stereocenters. The van der Waals surface area contributed by atoms with Gasteiger partial charge in [0.15, 0.2) is 11.6 Å².